The van der Waals surface area contributed by atoms with Crippen LogP contribution in [0.5, 0.6) is 11.5 Å². The molecule has 0 aromatic heterocycles. The second-order valence-electron chi connectivity index (χ2n) is 6.86. The van der Waals surface area contributed by atoms with Gasteiger partial charge in [0.1, 0.15) is 31.3 Å². The molecule has 0 heterocycles. The Kier molecular flexibility index (Phi) is 7.28. The highest BCUT2D eigenvalue weighted by atomic mass is 19.1. The molecule has 1 N–H and O–H groups in total. The summed E-state index contributed by atoms with van der Waals surface area (Å²) in [5.41, 5.74) is 1.94. The number of likely N-dealkylation sites (N-methyl/N-ethyl adjacent to an activating group) is 1. The molecule has 2 rings (SSSR count). The predicted octanol–water partition coefficient (Wildman–Crippen LogP) is 3.08. The Hall–Kier alpha value is -2.50. The fourth-order valence-electron chi connectivity index (χ4n) is 2.50. The first-order valence-corrected chi connectivity index (χ1v) is 8.98. The summed E-state index contributed by atoms with van der Waals surface area (Å²) >= 11 is 0. The summed E-state index contributed by atoms with van der Waals surface area (Å²) in [6.45, 7) is 6.47. The molecule has 6 heteroatoms. The summed E-state index contributed by atoms with van der Waals surface area (Å²) < 4.78 is 24.9. The Morgan fingerprint density at radius 1 is 1.15 bits per heavy atom. The summed E-state index contributed by atoms with van der Waals surface area (Å²) in [6, 6.07) is 9.53. The minimum absolute atomic E-state index is 0.139. The van der Waals surface area contributed by atoms with Gasteiger partial charge in [0.2, 0.25) is 5.91 Å². The van der Waals surface area contributed by atoms with Crippen LogP contribution in [-0.4, -0.2) is 27.4 Å². The lowest BCUT2D eigenvalue weighted by atomic mass is 9.92. The summed E-state index contributed by atoms with van der Waals surface area (Å²) in [4.78, 5) is 11.9. The molecule has 1 amide bonds. The Morgan fingerprint density at radius 3 is 2.41 bits per heavy atom. The van der Waals surface area contributed by atoms with Crippen LogP contribution >= 0.6 is 0 Å². The molecule has 27 heavy (non-hydrogen) atoms. The third-order valence-electron chi connectivity index (χ3n) is 4.04. The number of ether oxygens (including phenoxy) is 2. The van der Waals surface area contributed by atoms with Gasteiger partial charge in [-0.3, -0.25) is 4.79 Å². The molecule has 0 spiro atoms. The van der Waals surface area contributed by atoms with E-state index in [1.807, 2.05) is 20.8 Å². The zero-order valence-corrected chi connectivity index (χ0v) is 16.2. The minimum Gasteiger partial charge on any atom is -0.494 e. The topological polar surface area (TPSA) is 47.6 Å². The van der Waals surface area contributed by atoms with Crippen LogP contribution in [0.3, 0.4) is 0 Å². The average Bonchev–Trinajstić information content (AvgIpc) is 2.62. The van der Waals surface area contributed by atoms with Crippen LogP contribution in [0.1, 0.15) is 38.0 Å². The molecule has 1 unspecified atom stereocenters. The number of hydrogen-bond acceptors (Lipinski definition) is 3. The van der Waals surface area contributed by atoms with Crippen LogP contribution in [0.25, 0.3) is 0 Å². The summed E-state index contributed by atoms with van der Waals surface area (Å²) in [6.07, 6.45) is -0.198. The highest BCUT2D eigenvalue weighted by Gasteiger charge is 2.16. The summed E-state index contributed by atoms with van der Waals surface area (Å²) in [7, 11) is 7.70. The van der Waals surface area contributed by atoms with Crippen molar-refractivity contribution in [3.05, 3.63) is 53.3 Å². The normalized spacial score (nSPS) is 11.9. The Balaban J connectivity index is 2.30. The molecule has 0 aliphatic carbocycles. The standard InChI is InChI=1S/C21H25BFNO3/c1-13(2)12-26-20-9-16(10-21(25)24-4)19(11-18(20)22)27-14(3)15-5-7-17(23)8-6-15/h5-9,11,13-14H,10,12H2,1-4H3,(H,24,25). The van der Waals surface area contributed by atoms with E-state index in [0.717, 1.165) is 5.56 Å². The van der Waals surface area contributed by atoms with Crippen molar-refractivity contribution in [2.24, 2.45) is 5.92 Å². The number of carbonyl (C=O) groups excluding carboxylic acids is 1. The van der Waals surface area contributed by atoms with Gasteiger partial charge >= 0.3 is 0 Å². The van der Waals surface area contributed by atoms with E-state index in [1.54, 1.807) is 31.3 Å². The van der Waals surface area contributed by atoms with Crippen molar-refractivity contribution in [3.8, 4) is 11.5 Å². The Labute approximate surface area is 161 Å². The van der Waals surface area contributed by atoms with E-state index < -0.39 is 0 Å². The van der Waals surface area contributed by atoms with Gasteiger partial charge in [-0.15, -0.1) is 0 Å². The number of benzene rings is 2. The summed E-state index contributed by atoms with van der Waals surface area (Å²) in [5.74, 6) is 0.937. The number of nitrogens with one attached hydrogen (secondary N) is 1. The van der Waals surface area contributed by atoms with Crippen LogP contribution < -0.4 is 20.3 Å². The third kappa shape index (κ3) is 6.02. The van der Waals surface area contributed by atoms with Crippen LogP contribution in [0.15, 0.2) is 36.4 Å². The number of carbonyl (C=O) groups is 1. The fourth-order valence-corrected chi connectivity index (χ4v) is 2.50. The van der Waals surface area contributed by atoms with Crippen molar-refractivity contribution in [2.75, 3.05) is 13.7 Å². The molecule has 0 aliphatic heterocycles. The fraction of sp³-hybridized carbons (Fsp3) is 0.381. The molecule has 2 aromatic rings. The summed E-state index contributed by atoms with van der Waals surface area (Å²) in [5, 5.41) is 2.61. The molecular weight excluding hydrogens is 344 g/mol. The smallest absolute Gasteiger partial charge is 0.224 e. The largest absolute Gasteiger partial charge is 0.494 e. The number of amides is 1. The molecule has 0 aliphatic rings. The van der Waals surface area contributed by atoms with E-state index in [1.165, 1.54) is 12.1 Å². The van der Waals surface area contributed by atoms with E-state index in [-0.39, 0.29) is 24.2 Å². The first-order chi connectivity index (χ1) is 12.8. The zero-order chi connectivity index (χ0) is 20.0. The lowest BCUT2D eigenvalue weighted by Gasteiger charge is -2.20. The van der Waals surface area contributed by atoms with Crippen molar-refractivity contribution in [3.63, 3.8) is 0 Å². The molecule has 142 valence electrons. The average molecular weight is 369 g/mol. The van der Waals surface area contributed by atoms with Crippen LogP contribution in [-0.2, 0) is 11.2 Å². The van der Waals surface area contributed by atoms with E-state index in [0.29, 0.717) is 35.1 Å². The van der Waals surface area contributed by atoms with Gasteiger partial charge in [-0.1, -0.05) is 31.4 Å². The highest BCUT2D eigenvalue weighted by molar-refractivity contribution is 6.34. The van der Waals surface area contributed by atoms with Gasteiger partial charge in [0.05, 0.1) is 13.0 Å². The monoisotopic (exact) mass is 369 g/mol. The van der Waals surface area contributed by atoms with E-state index in [2.05, 4.69) is 5.32 Å². The third-order valence-corrected chi connectivity index (χ3v) is 4.04. The minimum atomic E-state index is -0.337. The second kappa shape index (κ2) is 9.44. The first-order valence-electron chi connectivity index (χ1n) is 8.98. The van der Waals surface area contributed by atoms with Gasteiger partial charge in [0, 0.05) is 12.6 Å². The number of rotatable bonds is 8. The van der Waals surface area contributed by atoms with Crippen LogP contribution in [0.4, 0.5) is 4.39 Å². The van der Waals surface area contributed by atoms with Gasteiger partial charge in [-0.25, -0.2) is 4.39 Å². The van der Waals surface area contributed by atoms with Gasteiger partial charge in [-0.2, -0.15) is 0 Å². The number of hydrogen-bond donors (Lipinski definition) is 1. The predicted molar refractivity (Wildman–Crippen MR) is 105 cm³/mol. The van der Waals surface area contributed by atoms with Gasteiger partial charge in [-0.05, 0) is 42.7 Å². The highest BCUT2D eigenvalue weighted by Crippen LogP contribution is 2.28. The number of halogens is 1. The zero-order valence-electron chi connectivity index (χ0n) is 16.2. The molecule has 1 atom stereocenters. The maximum absolute atomic E-state index is 13.1. The van der Waals surface area contributed by atoms with Gasteiger partial charge < -0.3 is 14.8 Å². The molecular formula is C21H25BFNO3. The van der Waals surface area contributed by atoms with Crippen LogP contribution in [0.2, 0.25) is 0 Å². The first kappa shape index (κ1) is 20.8. The van der Waals surface area contributed by atoms with Crippen molar-refractivity contribution >= 4 is 19.2 Å². The van der Waals surface area contributed by atoms with Gasteiger partial charge in [0.25, 0.3) is 0 Å². The molecule has 2 radical (unpaired) electrons. The van der Waals surface area contributed by atoms with E-state index >= 15 is 0 Å². The van der Waals surface area contributed by atoms with E-state index in [9.17, 15) is 9.18 Å². The quantitative estimate of drug-likeness (QED) is 0.728. The van der Waals surface area contributed by atoms with Crippen molar-refractivity contribution in [1.82, 2.24) is 5.32 Å². The van der Waals surface area contributed by atoms with Crippen LogP contribution in [0, 0.1) is 11.7 Å². The molecule has 0 saturated carbocycles. The lowest BCUT2D eigenvalue weighted by molar-refractivity contribution is -0.120. The lowest BCUT2D eigenvalue weighted by Crippen LogP contribution is -2.22. The Morgan fingerprint density at radius 2 is 1.81 bits per heavy atom. The SMILES string of the molecule is [B]c1cc(OC(C)c2ccc(F)cc2)c(CC(=O)NC)cc1OCC(C)C. The molecule has 0 saturated heterocycles. The van der Waals surface area contributed by atoms with Crippen molar-refractivity contribution in [1.29, 1.82) is 0 Å². The maximum atomic E-state index is 13.1. The van der Waals surface area contributed by atoms with E-state index in [4.69, 9.17) is 17.3 Å². The molecule has 0 bridgehead atoms. The maximum Gasteiger partial charge on any atom is 0.224 e. The van der Waals surface area contributed by atoms with Crippen molar-refractivity contribution in [2.45, 2.75) is 33.3 Å². The van der Waals surface area contributed by atoms with Crippen molar-refractivity contribution < 1.29 is 18.7 Å². The Bertz CT molecular complexity index is 778. The molecule has 0 fully saturated rings. The molecule has 2 aromatic carbocycles. The molecule has 4 nitrogen and oxygen atoms in total. The van der Waals surface area contributed by atoms with Gasteiger partial charge in [0.15, 0.2) is 0 Å². The second-order valence-corrected chi connectivity index (χ2v) is 6.86.